The molecule has 0 radical (unpaired) electrons. The molecule has 15 heavy (non-hydrogen) atoms. The van der Waals surface area contributed by atoms with Crippen LogP contribution in [-0.4, -0.2) is 24.4 Å². The average Bonchev–Trinajstić information content (AvgIpc) is 2.30. The summed E-state index contributed by atoms with van der Waals surface area (Å²) in [5, 5.41) is 0. The molecule has 2 rings (SSSR count). The fraction of sp³-hybridized carbons (Fsp3) is 0.500. The van der Waals surface area contributed by atoms with Crippen LogP contribution >= 0.6 is 0 Å². The predicted octanol–water partition coefficient (Wildman–Crippen LogP) is 1.81. The van der Waals surface area contributed by atoms with Crippen LogP contribution in [0.25, 0.3) is 0 Å². The van der Waals surface area contributed by atoms with Crippen molar-refractivity contribution in [3.8, 4) is 0 Å². The van der Waals surface area contributed by atoms with E-state index in [0.29, 0.717) is 0 Å². The monoisotopic (exact) mass is 204 g/mol. The van der Waals surface area contributed by atoms with E-state index in [2.05, 4.69) is 16.8 Å². The summed E-state index contributed by atoms with van der Waals surface area (Å²) < 4.78 is 0. The van der Waals surface area contributed by atoms with Gasteiger partial charge < -0.3 is 9.69 Å². The van der Waals surface area contributed by atoms with Crippen LogP contribution in [0.3, 0.4) is 0 Å². The lowest BCUT2D eigenvalue weighted by Gasteiger charge is -2.32. The van der Waals surface area contributed by atoms with Gasteiger partial charge in [0.1, 0.15) is 6.29 Å². The van der Waals surface area contributed by atoms with E-state index < -0.39 is 0 Å². The summed E-state index contributed by atoms with van der Waals surface area (Å²) in [4.78, 5) is 17.2. The molecule has 1 saturated heterocycles. The molecule has 1 fully saturated rings. The Bertz CT molecular complexity index is 351. The van der Waals surface area contributed by atoms with Crippen molar-refractivity contribution in [3.05, 3.63) is 24.0 Å². The minimum atomic E-state index is 0.200. The second-order valence-electron chi connectivity index (χ2n) is 4.15. The third kappa shape index (κ3) is 2.17. The lowest BCUT2D eigenvalue weighted by molar-refractivity contribution is -0.111. The van der Waals surface area contributed by atoms with Crippen molar-refractivity contribution in [1.29, 1.82) is 0 Å². The van der Waals surface area contributed by atoms with E-state index in [0.717, 1.165) is 32.2 Å². The summed E-state index contributed by atoms with van der Waals surface area (Å²) in [6, 6.07) is 2.03. The number of carbonyl (C=O) groups is 1. The number of aldehydes is 1. The first-order valence-electron chi connectivity index (χ1n) is 5.42. The zero-order chi connectivity index (χ0) is 10.7. The van der Waals surface area contributed by atoms with Gasteiger partial charge in [0, 0.05) is 37.1 Å². The van der Waals surface area contributed by atoms with Crippen molar-refractivity contribution in [1.82, 2.24) is 4.98 Å². The van der Waals surface area contributed by atoms with E-state index in [1.807, 2.05) is 18.5 Å². The van der Waals surface area contributed by atoms with E-state index in [4.69, 9.17) is 0 Å². The highest BCUT2D eigenvalue weighted by Gasteiger charge is 2.20. The number of rotatable bonds is 2. The second-order valence-corrected chi connectivity index (χ2v) is 4.15. The fourth-order valence-electron chi connectivity index (χ4n) is 2.16. The van der Waals surface area contributed by atoms with Gasteiger partial charge in [-0.1, -0.05) is 0 Å². The number of pyridine rings is 1. The summed E-state index contributed by atoms with van der Waals surface area (Å²) in [6.07, 6.45) is 6.91. The molecule has 3 heteroatoms. The van der Waals surface area contributed by atoms with Crippen molar-refractivity contribution >= 4 is 12.0 Å². The summed E-state index contributed by atoms with van der Waals surface area (Å²) in [6.45, 7) is 3.97. The Morgan fingerprint density at radius 1 is 1.60 bits per heavy atom. The molecule has 1 aromatic rings. The Labute approximate surface area is 90.1 Å². The average molecular weight is 204 g/mol. The quantitative estimate of drug-likeness (QED) is 0.689. The van der Waals surface area contributed by atoms with E-state index in [-0.39, 0.29) is 5.92 Å². The SMILES string of the molecule is Cc1cnccc1N1CCCC(C=O)C1. The number of anilines is 1. The maximum atomic E-state index is 10.8. The van der Waals surface area contributed by atoms with Gasteiger partial charge in [-0.2, -0.15) is 0 Å². The fourth-order valence-corrected chi connectivity index (χ4v) is 2.16. The first kappa shape index (κ1) is 10.1. The lowest BCUT2D eigenvalue weighted by atomic mass is 9.99. The van der Waals surface area contributed by atoms with Gasteiger partial charge in [-0.3, -0.25) is 4.98 Å². The predicted molar refractivity (Wildman–Crippen MR) is 60.0 cm³/mol. The molecule has 2 heterocycles. The Kier molecular flexibility index (Phi) is 2.99. The molecule has 1 atom stereocenters. The molecule has 0 bridgehead atoms. The van der Waals surface area contributed by atoms with Crippen LogP contribution in [0.4, 0.5) is 5.69 Å². The van der Waals surface area contributed by atoms with Crippen molar-refractivity contribution in [2.45, 2.75) is 19.8 Å². The molecule has 0 amide bonds. The minimum Gasteiger partial charge on any atom is -0.371 e. The van der Waals surface area contributed by atoms with E-state index >= 15 is 0 Å². The maximum absolute atomic E-state index is 10.8. The van der Waals surface area contributed by atoms with Gasteiger partial charge in [0.2, 0.25) is 0 Å². The van der Waals surface area contributed by atoms with Gasteiger partial charge in [-0.25, -0.2) is 0 Å². The van der Waals surface area contributed by atoms with Crippen molar-refractivity contribution < 1.29 is 4.79 Å². The molecule has 80 valence electrons. The topological polar surface area (TPSA) is 33.2 Å². The Balaban J connectivity index is 2.16. The summed E-state index contributed by atoms with van der Waals surface area (Å²) >= 11 is 0. The smallest absolute Gasteiger partial charge is 0.124 e. The Morgan fingerprint density at radius 2 is 2.47 bits per heavy atom. The molecule has 0 aromatic carbocycles. The molecule has 1 unspecified atom stereocenters. The van der Waals surface area contributed by atoms with Crippen LogP contribution < -0.4 is 4.90 Å². The van der Waals surface area contributed by atoms with Gasteiger partial charge >= 0.3 is 0 Å². The Morgan fingerprint density at radius 3 is 3.20 bits per heavy atom. The van der Waals surface area contributed by atoms with Gasteiger partial charge in [0.05, 0.1) is 0 Å². The van der Waals surface area contributed by atoms with E-state index in [1.54, 1.807) is 0 Å². The Hall–Kier alpha value is -1.38. The van der Waals surface area contributed by atoms with Crippen LogP contribution in [-0.2, 0) is 4.79 Å². The van der Waals surface area contributed by atoms with Crippen LogP contribution in [0.5, 0.6) is 0 Å². The summed E-state index contributed by atoms with van der Waals surface area (Å²) in [5.41, 5.74) is 2.40. The molecule has 3 nitrogen and oxygen atoms in total. The van der Waals surface area contributed by atoms with Crippen LogP contribution in [0.2, 0.25) is 0 Å². The largest absolute Gasteiger partial charge is 0.371 e. The van der Waals surface area contributed by atoms with Gasteiger partial charge in [-0.15, -0.1) is 0 Å². The highest BCUT2D eigenvalue weighted by molar-refractivity contribution is 5.58. The van der Waals surface area contributed by atoms with Gasteiger partial charge in [-0.05, 0) is 31.4 Å². The lowest BCUT2D eigenvalue weighted by Crippen LogP contribution is -2.36. The number of nitrogens with zero attached hydrogens (tertiary/aromatic N) is 2. The first-order valence-corrected chi connectivity index (χ1v) is 5.42. The molecule has 1 aliphatic rings. The highest BCUT2D eigenvalue weighted by Crippen LogP contribution is 2.24. The summed E-state index contributed by atoms with van der Waals surface area (Å²) in [5.74, 6) is 0.200. The number of hydrogen-bond donors (Lipinski definition) is 0. The summed E-state index contributed by atoms with van der Waals surface area (Å²) in [7, 11) is 0. The molecule has 0 saturated carbocycles. The van der Waals surface area contributed by atoms with Crippen LogP contribution in [0, 0.1) is 12.8 Å². The zero-order valence-corrected chi connectivity index (χ0v) is 9.02. The molecule has 1 aliphatic heterocycles. The van der Waals surface area contributed by atoms with Crippen molar-refractivity contribution in [3.63, 3.8) is 0 Å². The van der Waals surface area contributed by atoms with E-state index in [1.165, 1.54) is 11.3 Å². The molecule has 1 aromatic heterocycles. The molecular weight excluding hydrogens is 188 g/mol. The third-order valence-corrected chi connectivity index (χ3v) is 2.98. The zero-order valence-electron chi connectivity index (χ0n) is 9.02. The normalized spacial score (nSPS) is 21.4. The molecule has 0 N–H and O–H groups in total. The van der Waals surface area contributed by atoms with Gasteiger partial charge in [0.15, 0.2) is 0 Å². The van der Waals surface area contributed by atoms with Crippen molar-refractivity contribution in [2.24, 2.45) is 5.92 Å². The molecule has 0 spiro atoms. The highest BCUT2D eigenvalue weighted by atomic mass is 16.1. The second kappa shape index (κ2) is 4.43. The number of hydrogen-bond acceptors (Lipinski definition) is 3. The maximum Gasteiger partial charge on any atom is 0.124 e. The van der Waals surface area contributed by atoms with Crippen LogP contribution in [0.1, 0.15) is 18.4 Å². The number of aryl methyl sites for hydroxylation is 1. The number of aromatic nitrogens is 1. The standard InChI is InChI=1S/C12H16N2O/c1-10-7-13-5-4-12(10)14-6-2-3-11(8-14)9-15/h4-5,7,9,11H,2-3,6,8H2,1H3. The third-order valence-electron chi connectivity index (χ3n) is 2.98. The number of piperidine rings is 1. The molecular formula is C12H16N2O. The molecule has 0 aliphatic carbocycles. The van der Waals surface area contributed by atoms with Crippen LogP contribution in [0.15, 0.2) is 18.5 Å². The van der Waals surface area contributed by atoms with Gasteiger partial charge in [0.25, 0.3) is 0 Å². The van der Waals surface area contributed by atoms with Crippen molar-refractivity contribution in [2.75, 3.05) is 18.0 Å². The minimum absolute atomic E-state index is 0.200. The number of carbonyl (C=O) groups excluding carboxylic acids is 1. The van der Waals surface area contributed by atoms with E-state index in [9.17, 15) is 4.79 Å². The first-order chi connectivity index (χ1) is 7.31.